The molecule has 1 fully saturated rings. The van der Waals surface area contributed by atoms with Crippen LogP contribution in [0.1, 0.15) is 79.1 Å². The SMILES string of the molecule is CCC(CC)c1cc(CNC(=O)c2nnn(C3CCNCC3)c2C)on1. The Bertz CT molecular complexity index is 728. The van der Waals surface area contributed by atoms with Gasteiger partial charge in [-0.3, -0.25) is 4.79 Å². The smallest absolute Gasteiger partial charge is 0.274 e. The van der Waals surface area contributed by atoms with Crippen LogP contribution in [0.5, 0.6) is 0 Å². The summed E-state index contributed by atoms with van der Waals surface area (Å²) in [6.45, 7) is 8.41. The summed E-state index contributed by atoms with van der Waals surface area (Å²) >= 11 is 0. The quantitative estimate of drug-likeness (QED) is 0.786. The van der Waals surface area contributed by atoms with Crippen LogP contribution in [-0.4, -0.2) is 39.1 Å². The van der Waals surface area contributed by atoms with Crippen LogP contribution in [-0.2, 0) is 6.54 Å². The van der Waals surface area contributed by atoms with Crippen molar-refractivity contribution >= 4 is 5.91 Å². The fourth-order valence-corrected chi connectivity index (χ4v) is 3.51. The highest BCUT2D eigenvalue weighted by Gasteiger charge is 2.23. The Balaban J connectivity index is 1.61. The molecule has 1 amide bonds. The van der Waals surface area contributed by atoms with Gasteiger partial charge in [0.05, 0.1) is 24.0 Å². The summed E-state index contributed by atoms with van der Waals surface area (Å²) in [5, 5.41) is 18.6. The summed E-state index contributed by atoms with van der Waals surface area (Å²) < 4.78 is 7.24. The predicted molar refractivity (Wildman–Crippen MR) is 96.9 cm³/mol. The number of hydrogen-bond acceptors (Lipinski definition) is 6. The van der Waals surface area contributed by atoms with Crippen molar-refractivity contribution in [2.45, 2.75) is 65.0 Å². The molecule has 2 aromatic rings. The second-order valence-electron chi connectivity index (χ2n) is 6.86. The largest absolute Gasteiger partial charge is 0.359 e. The van der Waals surface area contributed by atoms with Gasteiger partial charge >= 0.3 is 0 Å². The minimum atomic E-state index is -0.233. The van der Waals surface area contributed by atoms with E-state index in [1.807, 2.05) is 17.7 Å². The van der Waals surface area contributed by atoms with Gasteiger partial charge in [0.2, 0.25) is 0 Å². The molecule has 1 aliphatic heterocycles. The Labute approximate surface area is 153 Å². The molecular formula is C18H28N6O2. The number of carbonyl (C=O) groups excluding carboxylic acids is 1. The van der Waals surface area contributed by atoms with Crippen molar-refractivity contribution in [3.8, 4) is 0 Å². The molecule has 0 aromatic carbocycles. The molecule has 8 heteroatoms. The molecule has 0 atom stereocenters. The monoisotopic (exact) mass is 360 g/mol. The molecule has 0 bridgehead atoms. The Hall–Kier alpha value is -2.22. The van der Waals surface area contributed by atoms with Crippen molar-refractivity contribution in [1.29, 1.82) is 0 Å². The van der Waals surface area contributed by atoms with Crippen molar-refractivity contribution < 1.29 is 9.32 Å². The first-order chi connectivity index (χ1) is 12.6. The van der Waals surface area contributed by atoms with Crippen LogP contribution in [0.3, 0.4) is 0 Å². The third kappa shape index (κ3) is 3.95. The number of nitrogens with one attached hydrogen (secondary N) is 2. The molecule has 0 radical (unpaired) electrons. The highest BCUT2D eigenvalue weighted by molar-refractivity contribution is 5.93. The number of aromatic nitrogens is 4. The Kier molecular flexibility index (Phi) is 6.03. The predicted octanol–water partition coefficient (Wildman–Crippen LogP) is 2.33. The number of nitrogens with zero attached hydrogens (tertiary/aromatic N) is 4. The molecular weight excluding hydrogens is 332 g/mol. The van der Waals surface area contributed by atoms with E-state index in [0.29, 0.717) is 30.0 Å². The van der Waals surface area contributed by atoms with Crippen LogP contribution in [0.2, 0.25) is 0 Å². The second-order valence-corrected chi connectivity index (χ2v) is 6.86. The zero-order chi connectivity index (χ0) is 18.5. The molecule has 0 unspecified atom stereocenters. The lowest BCUT2D eigenvalue weighted by molar-refractivity contribution is 0.0941. The first-order valence-corrected chi connectivity index (χ1v) is 9.50. The maximum absolute atomic E-state index is 12.5. The maximum atomic E-state index is 12.5. The van der Waals surface area contributed by atoms with E-state index in [1.54, 1.807) is 0 Å². The summed E-state index contributed by atoms with van der Waals surface area (Å²) in [6.07, 6.45) is 4.05. The Morgan fingerprint density at radius 3 is 2.81 bits per heavy atom. The van der Waals surface area contributed by atoms with Gasteiger partial charge in [-0.1, -0.05) is 24.2 Å². The first kappa shape index (κ1) is 18.6. The molecule has 1 aliphatic rings. The topological polar surface area (TPSA) is 97.9 Å². The minimum Gasteiger partial charge on any atom is -0.359 e. The van der Waals surface area contributed by atoms with Crippen LogP contribution >= 0.6 is 0 Å². The molecule has 3 rings (SSSR count). The third-order valence-electron chi connectivity index (χ3n) is 5.20. The zero-order valence-electron chi connectivity index (χ0n) is 15.8. The van der Waals surface area contributed by atoms with E-state index < -0.39 is 0 Å². The van der Waals surface area contributed by atoms with Gasteiger partial charge in [-0.2, -0.15) is 0 Å². The first-order valence-electron chi connectivity index (χ1n) is 9.50. The Morgan fingerprint density at radius 2 is 2.12 bits per heavy atom. The van der Waals surface area contributed by atoms with E-state index in [9.17, 15) is 4.79 Å². The fraction of sp³-hybridized carbons (Fsp3) is 0.667. The van der Waals surface area contributed by atoms with Crippen molar-refractivity contribution in [3.63, 3.8) is 0 Å². The highest BCUT2D eigenvalue weighted by Crippen LogP contribution is 2.23. The average Bonchev–Trinajstić information content (AvgIpc) is 3.28. The second kappa shape index (κ2) is 8.44. The molecule has 26 heavy (non-hydrogen) atoms. The third-order valence-corrected chi connectivity index (χ3v) is 5.20. The number of carbonyl (C=O) groups is 1. The summed E-state index contributed by atoms with van der Waals surface area (Å²) in [5.41, 5.74) is 2.14. The lowest BCUT2D eigenvalue weighted by atomic mass is 9.99. The molecule has 0 saturated carbocycles. The number of rotatable bonds is 7. The number of hydrogen-bond donors (Lipinski definition) is 2. The average molecular weight is 360 g/mol. The van der Waals surface area contributed by atoms with E-state index in [4.69, 9.17) is 4.52 Å². The van der Waals surface area contributed by atoms with Gasteiger partial charge in [-0.25, -0.2) is 4.68 Å². The molecule has 2 N–H and O–H groups in total. The molecule has 3 heterocycles. The molecule has 142 valence electrons. The van der Waals surface area contributed by atoms with Crippen LogP contribution in [0.25, 0.3) is 0 Å². The molecule has 8 nitrogen and oxygen atoms in total. The van der Waals surface area contributed by atoms with E-state index in [0.717, 1.165) is 50.2 Å². The van der Waals surface area contributed by atoms with E-state index in [-0.39, 0.29) is 5.91 Å². The summed E-state index contributed by atoms with van der Waals surface area (Å²) in [7, 11) is 0. The van der Waals surface area contributed by atoms with Gasteiger partial charge < -0.3 is 15.2 Å². The van der Waals surface area contributed by atoms with Gasteiger partial charge in [0, 0.05) is 12.0 Å². The van der Waals surface area contributed by atoms with Crippen LogP contribution in [0, 0.1) is 6.92 Å². The van der Waals surface area contributed by atoms with E-state index >= 15 is 0 Å². The van der Waals surface area contributed by atoms with E-state index in [2.05, 4.69) is 39.9 Å². The van der Waals surface area contributed by atoms with Crippen molar-refractivity contribution in [3.05, 3.63) is 28.9 Å². The highest BCUT2D eigenvalue weighted by atomic mass is 16.5. The fourth-order valence-electron chi connectivity index (χ4n) is 3.51. The van der Waals surface area contributed by atoms with Crippen molar-refractivity contribution in [2.24, 2.45) is 0 Å². The van der Waals surface area contributed by atoms with E-state index in [1.165, 1.54) is 0 Å². The molecule has 1 saturated heterocycles. The number of piperidine rings is 1. The van der Waals surface area contributed by atoms with Crippen LogP contribution in [0.4, 0.5) is 0 Å². The van der Waals surface area contributed by atoms with Crippen LogP contribution < -0.4 is 10.6 Å². The molecule has 0 spiro atoms. The zero-order valence-corrected chi connectivity index (χ0v) is 15.8. The lowest BCUT2D eigenvalue weighted by Gasteiger charge is -2.23. The summed E-state index contributed by atoms with van der Waals surface area (Å²) in [4.78, 5) is 12.5. The minimum absolute atomic E-state index is 0.233. The maximum Gasteiger partial charge on any atom is 0.274 e. The van der Waals surface area contributed by atoms with Gasteiger partial charge in [-0.05, 0) is 45.7 Å². The van der Waals surface area contributed by atoms with Gasteiger partial charge in [0.25, 0.3) is 5.91 Å². The van der Waals surface area contributed by atoms with Gasteiger partial charge in [0.15, 0.2) is 11.5 Å². The summed E-state index contributed by atoms with van der Waals surface area (Å²) in [6, 6.07) is 2.23. The van der Waals surface area contributed by atoms with Crippen molar-refractivity contribution in [1.82, 2.24) is 30.8 Å². The molecule has 0 aliphatic carbocycles. The van der Waals surface area contributed by atoms with Gasteiger partial charge in [0.1, 0.15) is 0 Å². The van der Waals surface area contributed by atoms with Gasteiger partial charge in [-0.15, -0.1) is 5.10 Å². The number of amides is 1. The lowest BCUT2D eigenvalue weighted by Crippen LogP contribution is -2.30. The molecule has 2 aromatic heterocycles. The summed E-state index contributed by atoms with van der Waals surface area (Å²) in [5.74, 6) is 0.821. The van der Waals surface area contributed by atoms with Crippen molar-refractivity contribution in [2.75, 3.05) is 13.1 Å². The Morgan fingerprint density at radius 1 is 1.38 bits per heavy atom. The van der Waals surface area contributed by atoms with Crippen LogP contribution in [0.15, 0.2) is 10.6 Å². The standard InChI is InChI=1S/C18H28N6O2/c1-4-13(5-2)16-10-15(26-22-16)11-20-18(25)17-12(3)24(23-21-17)14-6-8-19-9-7-14/h10,13-14,19H,4-9,11H2,1-3H3,(H,20,25). The normalized spacial score (nSPS) is 15.5.